The lowest BCUT2D eigenvalue weighted by atomic mass is 10.1. The summed E-state index contributed by atoms with van der Waals surface area (Å²) >= 11 is 0. The van der Waals surface area contributed by atoms with E-state index in [1.165, 1.54) is 33.7 Å². The van der Waals surface area contributed by atoms with Gasteiger partial charge in [-0.1, -0.05) is 55.8 Å². The van der Waals surface area contributed by atoms with Crippen LogP contribution in [0.4, 0.5) is 0 Å². The quantitative estimate of drug-likeness (QED) is 0.583. The van der Waals surface area contributed by atoms with E-state index in [2.05, 4.69) is 80.1 Å². The van der Waals surface area contributed by atoms with Gasteiger partial charge in [-0.05, 0) is 49.1 Å². The molecule has 3 rings (SSSR count). The van der Waals surface area contributed by atoms with Gasteiger partial charge in [0.05, 0.1) is 23.9 Å². The van der Waals surface area contributed by atoms with Gasteiger partial charge in [0.25, 0.3) is 0 Å². The Kier molecular flexibility index (Phi) is 7.27. The molecule has 3 aromatic rings. The molecule has 0 aliphatic rings. The van der Waals surface area contributed by atoms with E-state index in [0.29, 0.717) is 5.92 Å². The number of aromatic nitrogens is 1. The maximum absolute atomic E-state index is 9.21. The van der Waals surface area contributed by atoms with Crippen LogP contribution in [0.2, 0.25) is 0 Å². The molecule has 1 unspecified atom stereocenters. The van der Waals surface area contributed by atoms with Crippen molar-refractivity contribution in [2.75, 3.05) is 6.54 Å². The molecule has 0 saturated carbocycles. The van der Waals surface area contributed by atoms with E-state index in [4.69, 9.17) is 0 Å². The smallest absolute Gasteiger partial charge is 0.118 e. The highest BCUT2D eigenvalue weighted by molar-refractivity contribution is 5.32. The van der Waals surface area contributed by atoms with E-state index in [1.54, 1.807) is 0 Å². The van der Waals surface area contributed by atoms with Crippen molar-refractivity contribution < 1.29 is 4.90 Å². The fraction of sp³-hybridized carbons (Fsp3) is 0.346. The summed E-state index contributed by atoms with van der Waals surface area (Å²) in [5.41, 5.74) is 5.97. The third-order valence-electron chi connectivity index (χ3n) is 5.41. The number of nitrogens with zero attached hydrogens (tertiary/aromatic N) is 2. The number of hydrogen-bond acceptors (Lipinski definition) is 1. The Balaban J connectivity index is 1.74. The van der Waals surface area contributed by atoms with Crippen molar-refractivity contribution in [1.82, 2.24) is 4.57 Å². The van der Waals surface area contributed by atoms with Crippen LogP contribution in [-0.4, -0.2) is 11.1 Å². The second-order valence-electron chi connectivity index (χ2n) is 8.46. The molecule has 0 saturated heterocycles. The number of benzene rings is 2. The molecule has 1 aromatic heterocycles. The van der Waals surface area contributed by atoms with E-state index in [1.807, 2.05) is 18.2 Å². The maximum atomic E-state index is 9.21. The summed E-state index contributed by atoms with van der Waals surface area (Å²) in [4.78, 5) is 1.54. The van der Waals surface area contributed by atoms with Crippen LogP contribution in [0.15, 0.2) is 66.9 Å². The standard InChI is InChI=1S/C26H31N3/c1-21(2)13-15-28(18-25-7-4-6-24(16-25)17-27)20-26-8-5-14-29(26)19-23-11-9-22(3)10-12-23/h4-12,14,16,21H,13,15,18-20H2,1-3H3/p+1. The number of rotatable bonds is 9. The molecule has 0 aliphatic heterocycles. The van der Waals surface area contributed by atoms with Crippen molar-refractivity contribution in [2.45, 2.75) is 46.8 Å². The van der Waals surface area contributed by atoms with Gasteiger partial charge in [-0.3, -0.25) is 0 Å². The fourth-order valence-electron chi connectivity index (χ4n) is 3.68. The van der Waals surface area contributed by atoms with E-state index in [-0.39, 0.29) is 0 Å². The molecule has 0 amide bonds. The molecule has 150 valence electrons. The molecule has 3 heteroatoms. The average molecular weight is 387 g/mol. The van der Waals surface area contributed by atoms with Gasteiger partial charge in [-0.25, -0.2) is 0 Å². The third-order valence-corrected chi connectivity index (χ3v) is 5.41. The highest BCUT2D eigenvalue weighted by Gasteiger charge is 2.15. The zero-order valence-corrected chi connectivity index (χ0v) is 17.9. The molecule has 0 radical (unpaired) electrons. The number of nitriles is 1. The summed E-state index contributed by atoms with van der Waals surface area (Å²) in [5, 5.41) is 9.21. The molecule has 3 nitrogen and oxygen atoms in total. The molecular weight excluding hydrogens is 354 g/mol. The van der Waals surface area contributed by atoms with Gasteiger partial charge < -0.3 is 9.47 Å². The Morgan fingerprint density at radius 2 is 1.76 bits per heavy atom. The second-order valence-corrected chi connectivity index (χ2v) is 8.46. The molecule has 0 spiro atoms. The van der Waals surface area contributed by atoms with Gasteiger partial charge in [-0.2, -0.15) is 5.26 Å². The van der Waals surface area contributed by atoms with Crippen molar-refractivity contribution in [3.63, 3.8) is 0 Å². The molecule has 1 N–H and O–H groups in total. The summed E-state index contributed by atoms with van der Waals surface area (Å²) < 4.78 is 2.37. The van der Waals surface area contributed by atoms with E-state index in [9.17, 15) is 5.26 Å². The van der Waals surface area contributed by atoms with Crippen LogP contribution in [0.3, 0.4) is 0 Å². The Labute approximate surface area is 175 Å². The van der Waals surface area contributed by atoms with Crippen LogP contribution in [0.25, 0.3) is 0 Å². The largest absolute Gasteiger partial charge is 0.342 e. The predicted octanol–water partition coefficient (Wildman–Crippen LogP) is 4.35. The van der Waals surface area contributed by atoms with Crippen LogP contribution in [0, 0.1) is 24.2 Å². The van der Waals surface area contributed by atoms with E-state index in [0.717, 1.165) is 31.7 Å². The number of hydrogen-bond donors (Lipinski definition) is 1. The Morgan fingerprint density at radius 3 is 2.48 bits per heavy atom. The highest BCUT2D eigenvalue weighted by Crippen LogP contribution is 2.10. The lowest BCUT2D eigenvalue weighted by Crippen LogP contribution is -3.09. The second kappa shape index (κ2) is 10.1. The first-order valence-electron chi connectivity index (χ1n) is 10.6. The van der Waals surface area contributed by atoms with E-state index >= 15 is 0 Å². The van der Waals surface area contributed by atoms with Crippen LogP contribution in [-0.2, 0) is 19.6 Å². The summed E-state index contributed by atoms with van der Waals surface area (Å²) in [5.74, 6) is 0.690. The molecule has 29 heavy (non-hydrogen) atoms. The maximum Gasteiger partial charge on any atom is 0.118 e. The lowest BCUT2D eigenvalue weighted by Gasteiger charge is -2.22. The third kappa shape index (κ3) is 6.34. The van der Waals surface area contributed by atoms with Crippen LogP contribution >= 0.6 is 0 Å². The molecular formula is C26H32N3+. The van der Waals surface area contributed by atoms with Crippen LogP contribution in [0.1, 0.15) is 48.2 Å². The lowest BCUT2D eigenvalue weighted by molar-refractivity contribution is -0.928. The van der Waals surface area contributed by atoms with Gasteiger partial charge >= 0.3 is 0 Å². The Bertz CT molecular complexity index is 945. The number of quaternary nitrogens is 1. The summed E-state index contributed by atoms with van der Waals surface area (Å²) in [6, 6.07) is 23.5. The SMILES string of the molecule is Cc1ccc(Cn2cccc2C[NH+](CCC(C)C)Cc2cccc(C#N)c2)cc1. The average Bonchev–Trinajstić information content (AvgIpc) is 3.14. The van der Waals surface area contributed by atoms with Crippen LogP contribution in [0.5, 0.6) is 0 Å². The Hall–Kier alpha value is -2.83. The van der Waals surface area contributed by atoms with Gasteiger partial charge in [0, 0.05) is 18.3 Å². The number of aryl methyl sites for hydroxylation is 1. The molecule has 2 aromatic carbocycles. The first kappa shape index (κ1) is 20.9. The van der Waals surface area contributed by atoms with Gasteiger partial charge in [-0.15, -0.1) is 0 Å². The molecule has 0 fully saturated rings. The fourth-order valence-corrected chi connectivity index (χ4v) is 3.68. The molecule has 0 bridgehead atoms. The molecule has 1 atom stereocenters. The van der Waals surface area contributed by atoms with Gasteiger partial charge in [0.2, 0.25) is 0 Å². The monoisotopic (exact) mass is 386 g/mol. The normalized spacial score (nSPS) is 12.1. The summed E-state index contributed by atoms with van der Waals surface area (Å²) in [6.07, 6.45) is 3.39. The minimum absolute atomic E-state index is 0.690. The zero-order chi connectivity index (χ0) is 20.6. The van der Waals surface area contributed by atoms with Crippen molar-refractivity contribution >= 4 is 0 Å². The van der Waals surface area contributed by atoms with Crippen molar-refractivity contribution in [1.29, 1.82) is 5.26 Å². The Morgan fingerprint density at radius 1 is 0.966 bits per heavy atom. The summed E-state index contributed by atoms with van der Waals surface area (Å²) in [7, 11) is 0. The van der Waals surface area contributed by atoms with Crippen molar-refractivity contribution in [2.24, 2.45) is 5.92 Å². The highest BCUT2D eigenvalue weighted by atomic mass is 15.1. The number of nitrogens with one attached hydrogen (secondary N) is 1. The zero-order valence-electron chi connectivity index (χ0n) is 17.9. The topological polar surface area (TPSA) is 33.2 Å². The van der Waals surface area contributed by atoms with Gasteiger partial charge in [0.1, 0.15) is 13.1 Å². The summed E-state index contributed by atoms with van der Waals surface area (Å²) in [6.45, 7) is 10.7. The van der Waals surface area contributed by atoms with E-state index < -0.39 is 0 Å². The molecule has 1 heterocycles. The predicted molar refractivity (Wildman–Crippen MR) is 119 cm³/mol. The first-order valence-corrected chi connectivity index (χ1v) is 10.6. The van der Waals surface area contributed by atoms with Crippen molar-refractivity contribution in [3.8, 4) is 6.07 Å². The first-order chi connectivity index (χ1) is 14.0. The van der Waals surface area contributed by atoms with Crippen molar-refractivity contribution in [3.05, 3.63) is 94.8 Å². The van der Waals surface area contributed by atoms with Crippen LogP contribution < -0.4 is 4.90 Å². The van der Waals surface area contributed by atoms with Gasteiger partial charge in [0.15, 0.2) is 0 Å². The minimum atomic E-state index is 0.690. The minimum Gasteiger partial charge on any atom is -0.342 e. The molecule has 0 aliphatic carbocycles.